The van der Waals surface area contributed by atoms with E-state index in [2.05, 4.69) is 10.3 Å². The zero-order valence-electron chi connectivity index (χ0n) is 12.2. The number of hydrogen-bond acceptors (Lipinski definition) is 4. The predicted octanol–water partition coefficient (Wildman–Crippen LogP) is 2.27. The van der Waals surface area contributed by atoms with Gasteiger partial charge in [-0.2, -0.15) is 0 Å². The Labute approximate surface area is 124 Å². The highest BCUT2D eigenvalue weighted by atomic mass is 16.6. The molecule has 1 aromatic carbocycles. The summed E-state index contributed by atoms with van der Waals surface area (Å²) in [6.07, 6.45) is 4.84. The molecule has 2 aliphatic rings. The molecule has 1 fully saturated rings. The van der Waals surface area contributed by atoms with Crippen molar-refractivity contribution < 1.29 is 9.47 Å². The summed E-state index contributed by atoms with van der Waals surface area (Å²) in [7, 11) is 0. The Balaban J connectivity index is 1.50. The van der Waals surface area contributed by atoms with Crippen LogP contribution in [0, 0.1) is 5.92 Å². The molecule has 3 heterocycles. The number of hydrogen-bond donors (Lipinski definition) is 2. The molecule has 2 aromatic rings. The van der Waals surface area contributed by atoms with E-state index in [9.17, 15) is 0 Å². The van der Waals surface area contributed by atoms with Crippen LogP contribution in [0.25, 0.3) is 11.0 Å². The summed E-state index contributed by atoms with van der Waals surface area (Å²) in [5.41, 5.74) is 2.01. The summed E-state index contributed by atoms with van der Waals surface area (Å²) >= 11 is 0. The van der Waals surface area contributed by atoms with Crippen molar-refractivity contribution in [1.82, 2.24) is 15.3 Å². The maximum absolute atomic E-state index is 5.61. The number of rotatable bonds is 3. The average Bonchev–Trinajstić information content (AvgIpc) is 2.93. The third-order valence-electron chi connectivity index (χ3n) is 4.38. The number of piperidine rings is 1. The minimum Gasteiger partial charge on any atom is -0.486 e. The molecule has 1 atom stereocenters. The SMILES string of the molecule is c1c2c(cc3[nH]c(CCC4CCCNC4)nc13)OCCO2. The molecule has 21 heavy (non-hydrogen) atoms. The molecule has 4 rings (SSSR count). The van der Waals surface area contributed by atoms with E-state index in [4.69, 9.17) is 14.5 Å². The molecule has 0 radical (unpaired) electrons. The third kappa shape index (κ3) is 2.70. The minimum atomic E-state index is 0.616. The van der Waals surface area contributed by atoms with Crippen LogP contribution in [-0.4, -0.2) is 36.3 Å². The lowest BCUT2D eigenvalue weighted by molar-refractivity contribution is 0.172. The van der Waals surface area contributed by atoms with Gasteiger partial charge in [0, 0.05) is 18.6 Å². The lowest BCUT2D eigenvalue weighted by atomic mass is 9.95. The molecular weight excluding hydrogens is 266 g/mol. The quantitative estimate of drug-likeness (QED) is 0.909. The van der Waals surface area contributed by atoms with Gasteiger partial charge >= 0.3 is 0 Å². The lowest BCUT2D eigenvalue weighted by Crippen LogP contribution is -2.29. The van der Waals surface area contributed by atoms with Gasteiger partial charge in [-0.05, 0) is 38.3 Å². The van der Waals surface area contributed by atoms with Crippen LogP contribution in [-0.2, 0) is 6.42 Å². The number of H-pyrrole nitrogens is 1. The van der Waals surface area contributed by atoms with Crippen molar-refractivity contribution in [3.05, 3.63) is 18.0 Å². The molecular formula is C16H21N3O2. The van der Waals surface area contributed by atoms with Gasteiger partial charge in [-0.3, -0.25) is 0 Å². The molecule has 1 saturated heterocycles. The van der Waals surface area contributed by atoms with Crippen LogP contribution in [0.4, 0.5) is 0 Å². The Morgan fingerprint density at radius 3 is 2.86 bits per heavy atom. The van der Waals surface area contributed by atoms with E-state index in [0.717, 1.165) is 47.2 Å². The largest absolute Gasteiger partial charge is 0.486 e. The summed E-state index contributed by atoms with van der Waals surface area (Å²) in [4.78, 5) is 8.11. The van der Waals surface area contributed by atoms with Crippen molar-refractivity contribution >= 4 is 11.0 Å². The van der Waals surface area contributed by atoms with Crippen molar-refractivity contribution in [2.24, 2.45) is 5.92 Å². The molecule has 0 aliphatic carbocycles. The highest BCUT2D eigenvalue weighted by Crippen LogP contribution is 2.33. The lowest BCUT2D eigenvalue weighted by Gasteiger charge is -2.22. The van der Waals surface area contributed by atoms with E-state index in [-0.39, 0.29) is 0 Å². The molecule has 0 saturated carbocycles. The van der Waals surface area contributed by atoms with Gasteiger partial charge in [0.05, 0.1) is 11.0 Å². The second kappa shape index (κ2) is 5.56. The van der Waals surface area contributed by atoms with Gasteiger partial charge in [-0.25, -0.2) is 4.98 Å². The van der Waals surface area contributed by atoms with Gasteiger partial charge in [-0.1, -0.05) is 0 Å². The number of aromatic amines is 1. The minimum absolute atomic E-state index is 0.616. The number of benzene rings is 1. The monoisotopic (exact) mass is 287 g/mol. The molecule has 0 amide bonds. The van der Waals surface area contributed by atoms with Gasteiger partial charge in [0.1, 0.15) is 19.0 Å². The molecule has 1 unspecified atom stereocenters. The molecule has 2 aliphatic heterocycles. The number of nitrogens with one attached hydrogen (secondary N) is 2. The van der Waals surface area contributed by atoms with Crippen LogP contribution in [0.1, 0.15) is 25.1 Å². The maximum atomic E-state index is 5.61. The fourth-order valence-corrected chi connectivity index (χ4v) is 3.23. The maximum Gasteiger partial charge on any atom is 0.163 e. The van der Waals surface area contributed by atoms with Crippen molar-refractivity contribution in [3.63, 3.8) is 0 Å². The topological polar surface area (TPSA) is 59.2 Å². The zero-order valence-corrected chi connectivity index (χ0v) is 12.2. The van der Waals surface area contributed by atoms with Gasteiger partial charge in [-0.15, -0.1) is 0 Å². The molecule has 2 N–H and O–H groups in total. The second-order valence-electron chi connectivity index (χ2n) is 5.95. The zero-order chi connectivity index (χ0) is 14.1. The molecule has 0 spiro atoms. The van der Waals surface area contributed by atoms with Crippen LogP contribution < -0.4 is 14.8 Å². The van der Waals surface area contributed by atoms with Crippen molar-refractivity contribution in [2.75, 3.05) is 26.3 Å². The first kappa shape index (κ1) is 13.0. The van der Waals surface area contributed by atoms with Crippen LogP contribution in [0.15, 0.2) is 12.1 Å². The fourth-order valence-electron chi connectivity index (χ4n) is 3.23. The molecule has 112 valence electrons. The Hall–Kier alpha value is -1.75. The number of aromatic nitrogens is 2. The summed E-state index contributed by atoms with van der Waals surface area (Å²) in [6.45, 7) is 3.56. The van der Waals surface area contributed by atoms with E-state index in [0.29, 0.717) is 13.2 Å². The van der Waals surface area contributed by atoms with Crippen LogP contribution in [0.2, 0.25) is 0 Å². The highest BCUT2D eigenvalue weighted by molar-refractivity contribution is 5.79. The Morgan fingerprint density at radius 2 is 2.05 bits per heavy atom. The van der Waals surface area contributed by atoms with Gasteiger partial charge in [0.2, 0.25) is 0 Å². The first-order valence-corrected chi connectivity index (χ1v) is 7.87. The fraction of sp³-hybridized carbons (Fsp3) is 0.562. The Bertz CT molecular complexity index is 589. The first-order valence-electron chi connectivity index (χ1n) is 7.87. The summed E-state index contributed by atoms with van der Waals surface area (Å²) in [6, 6.07) is 3.98. The van der Waals surface area contributed by atoms with Crippen LogP contribution in [0.5, 0.6) is 11.5 Å². The van der Waals surface area contributed by atoms with E-state index in [1.165, 1.54) is 25.8 Å². The van der Waals surface area contributed by atoms with E-state index in [1.54, 1.807) is 0 Å². The second-order valence-corrected chi connectivity index (χ2v) is 5.95. The van der Waals surface area contributed by atoms with Gasteiger partial charge in [0.15, 0.2) is 11.5 Å². The van der Waals surface area contributed by atoms with E-state index < -0.39 is 0 Å². The third-order valence-corrected chi connectivity index (χ3v) is 4.38. The highest BCUT2D eigenvalue weighted by Gasteiger charge is 2.16. The number of ether oxygens (including phenoxy) is 2. The van der Waals surface area contributed by atoms with E-state index >= 15 is 0 Å². The molecule has 5 heteroatoms. The summed E-state index contributed by atoms with van der Waals surface area (Å²) in [5, 5.41) is 3.47. The first-order chi connectivity index (χ1) is 10.4. The van der Waals surface area contributed by atoms with Gasteiger partial charge in [0.25, 0.3) is 0 Å². The van der Waals surface area contributed by atoms with Crippen LogP contribution >= 0.6 is 0 Å². The van der Waals surface area contributed by atoms with Crippen molar-refractivity contribution in [2.45, 2.75) is 25.7 Å². The summed E-state index contributed by atoms with van der Waals surface area (Å²) < 4.78 is 11.2. The smallest absolute Gasteiger partial charge is 0.163 e. The summed E-state index contributed by atoms with van der Waals surface area (Å²) in [5.74, 6) is 3.48. The standard InChI is InChI=1S/C16H21N3O2/c1-2-11(10-17-5-1)3-4-16-18-12-8-14-15(9-13(12)19-16)21-7-6-20-14/h8-9,11,17H,1-7,10H2,(H,18,19). The molecule has 5 nitrogen and oxygen atoms in total. The van der Waals surface area contributed by atoms with Crippen molar-refractivity contribution in [1.29, 1.82) is 0 Å². The normalized spacial score (nSPS) is 21.6. The Morgan fingerprint density at radius 1 is 1.19 bits per heavy atom. The van der Waals surface area contributed by atoms with E-state index in [1.807, 2.05) is 12.1 Å². The van der Waals surface area contributed by atoms with Gasteiger partial charge < -0.3 is 19.8 Å². The Kier molecular flexibility index (Phi) is 3.43. The molecule has 0 bridgehead atoms. The number of nitrogens with zero attached hydrogens (tertiary/aromatic N) is 1. The number of imidazole rings is 1. The predicted molar refractivity (Wildman–Crippen MR) is 81.0 cm³/mol. The molecule has 1 aromatic heterocycles. The average molecular weight is 287 g/mol. The number of aryl methyl sites for hydroxylation is 1. The van der Waals surface area contributed by atoms with Crippen LogP contribution in [0.3, 0.4) is 0 Å². The number of fused-ring (bicyclic) bond motifs is 2. The van der Waals surface area contributed by atoms with Crippen molar-refractivity contribution in [3.8, 4) is 11.5 Å².